The summed E-state index contributed by atoms with van der Waals surface area (Å²) >= 11 is 6.29. The van der Waals surface area contributed by atoms with Gasteiger partial charge < -0.3 is 10.4 Å². The van der Waals surface area contributed by atoms with Crippen LogP contribution < -0.4 is 51.4 Å². The molecule has 1 aliphatic rings. The molecule has 1 aliphatic carbocycles. The number of benzene rings is 6. The molecule has 0 saturated carbocycles. The van der Waals surface area contributed by atoms with Crippen LogP contribution >= 0.6 is 15.9 Å². The molecule has 0 saturated heterocycles. The summed E-state index contributed by atoms with van der Waals surface area (Å²) in [5.74, 6) is 0. The summed E-state index contributed by atoms with van der Waals surface area (Å²) < 4.78 is 9.95. The number of aromatic nitrogens is 1. The zero-order chi connectivity index (χ0) is 30.2. The summed E-state index contributed by atoms with van der Waals surface area (Å²) in [5.41, 5.74) is 13.1. The second-order valence-corrected chi connectivity index (χ2v) is 12.7. The van der Waals surface area contributed by atoms with Crippen molar-refractivity contribution in [2.24, 2.45) is 0 Å². The van der Waals surface area contributed by atoms with Gasteiger partial charge in [-0.3, -0.25) is 0 Å². The monoisotopic (exact) mass is 721 g/mol. The van der Waals surface area contributed by atoms with Gasteiger partial charge in [0.25, 0.3) is 0 Å². The Morgan fingerprint density at radius 2 is 1.36 bits per heavy atom. The van der Waals surface area contributed by atoms with Crippen LogP contribution in [0.3, 0.4) is 0 Å². The molecule has 0 aliphatic heterocycles. The Bertz CT molecular complexity index is 2410. The predicted octanol–water partition coefficient (Wildman–Crippen LogP) is 7.77. The summed E-state index contributed by atoms with van der Waals surface area (Å²) in [6.07, 6.45) is 0. The molecule has 0 fully saturated rings. The first-order chi connectivity index (χ1) is 21.5. The molecule has 2 nitrogen and oxygen atoms in total. The van der Waals surface area contributed by atoms with Crippen molar-refractivity contribution in [3.8, 4) is 27.9 Å². The van der Waals surface area contributed by atoms with Gasteiger partial charge in [0, 0.05) is 42.7 Å². The third kappa shape index (κ3) is 5.48. The molecule has 204 valence electrons. The molecule has 45 heavy (non-hydrogen) atoms. The van der Waals surface area contributed by atoms with Crippen LogP contribution in [0.5, 0.6) is 0 Å². The van der Waals surface area contributed by atoms with E-state index in [2.05, 4.69) is 144 Å². The molecule has 8 aromatic rings. The fourth-order valence-electron chi connectivity index (χ4n) is 7.25. The average molecular weight is 723 g/mol. The SMILES string of the molecule is CC1(C)c2ccccc2-c2cc3c4cc(-c5ccc(Br)c6c5oc5ccccc56)ccc4n(-c4ccccc4)c3cc21.[H-].[K+].[K][K]. The van der Waals surface area contributed by atoms with Crippen molar-refractivity contribution in [2.75, 3.05) is 0 Å². The van der Waals surface area contributed by atoms with Gasteiger partial charge in [-0.25, -0.2) is 0 Å². The van der Waals surface area contributed by atoms with Crippen LogP contribution in [0.1, 0.15) is 26.4 Å². The molecule has 2 heterocycles. The molecule has 9 rings (SSSR count). The number of halogens is 1. The van der Waals surface area contributed by atoms with Crippen LogP contribution in [0.2, 0.25) is 0 Å². The summed E-state index contributed by atoms with van der Waals surface area (Å²) in [7, 11) is 0. The zero-order valence-electron chi connectivity index (χ0n) is 27.3. The first kappa shape index (κ1) is 33.8. The average Bonchev–Trinajstić information content (AvgIpc) is 3.68. The van der Waals surface area contributed by atoms with E-state index in [0.717, 1.165) is 37.5 Å². The van der Waals surface area contributed by atoms with E-state index < -0.39 is 0 Å². The molecule has 0 unspecified atom stereocenters. The van der Waals surface area contributed by atoms with E-state index in [1.54, 1.807) is 0 Å². The van der Waals surface area contributed by atoms with Crippen LogP contribution in [0.15, 0.2) is 130 Å². The van der Waals surface area contributed by atoms with Gasteiger partial charge in [0.1, 0.15) is 11.2 Å². The quantitative estimate of drug-likeness (QED) is 0.167. The molecular formula is C39H27BrK3NO. The van der Waals surface area contributed by atoms with Crippen molar-refractivity contribution in [1.82, 2.24) is 4.57 Å². The number of fused-ring (bicyclic) bond motifs is 9. The summed E-state index contributed by atoms with van der Waals surface area (Å²) in [6.45, 7) is 4.70. The van der Waals surface area contributed by atoms with E-state index in [1.165, 1.54) is 113 Å². The number of nitrogens with zero attached hydrogens (tertiary/aromatic N) is 1. The van der Waals surface area contributed by atoms with Crippen molar-refractivity contribution in [1.29, 1.82) is 0 Å². The van der Waals surface area contributed by atoms with Gasteiger partial charge in [-0.05, 0) is 82.4 Å². The fraction of sp³-hybridized carbons (Fsp3) is 0.0769. The van der Waals surface area contributed by atoms with Crippen LogP contribution in [0.4, 0.5) is 0 Å². The van der Waals surface area contributed by atoms with Gasteiger partial charge in [-0.15, -0.1) is 0 Å². The van der Waals surface area contributed by atoms with Gasteiger partial charge >= 0.3 is 115 Å². The number of hydrogen-bond acceptors (Lipinski definition) is 1. The van der Waals surface area contributed by atoms with Gasteiger partial charge in [-0.1, -0.05) is 96.5 Å². The minimum absolute atomic E-state index is 0. The summed E-state index contributed by atoms with van der Waals surface area (Å²) in [5, 5.41) is 4.75. The van der Waals surface area contributed by atoms with Gasteiger partial charge in [0.05, 0.1) is 11.0 Å². The molecule has 6 heteroatoms. The first-order valence-electron chi connectivity index (χ1n) is 15.4. The second-order valence-electron chi connectivity index (χ2n) is 11.9. The first-order valence-corrected chi connectivity index (χ1v) is 32.2. The number of para-hydroxylation sites is 2. The molecule has 0 amide bonds. The number of hydrogen-bond donors (Lipinski definition) is 0. The fourth-order valence-corrected chi connectivity index (χ4v) is 7.78. The third-order valence-electron chi connectivity index (χ3n) is 9.27. The molecule has 2 aromatic heterocycles. The summed E-state index contributed by atoms with van der Waals surface area (Å²) in [6, 6.07) is 43.9. The van der Waals surface area contributed by atoms with Crippen LogP contribution in [0.25, 0.3) is 71.7 Å². The van der Waals surface area contributed by atoms with E-state index in [1.807, 2.05) is 12.1 Å². The Hall–Kier alpha value is 0.309. The topological polar surface area (TPSA) is 18.1 Å². The van der Waals surface area contributed by atoms with Crippen LogP contribution in [-0.4, -0.2) is 67.7 Å². The molecule has 0 atom stereocenters. The third-order valence-corrected chi connectivity index (χ3v) is 9.93. The van der Waals surface area contributed by atoms with Gasteiger partial charge in [-0.2, -0.15) is 0 Å². The van der Waals surface area contributed by atoms with Crippen LogP contribution in [-0.2, 0) is 5.41 Å². The van der Waals surface area contributed by atoms with E-state index >= 15 is 0 Å². The van der Waals surface area contributed by atoms with E-state index in [9.17, 15) is 0 Å². The van der Waals surface area contributed by atoms with Crippen molar-refractivity contribution < 1.29 is 57.2 Å². The van der Waals surface area contributed by atoms with Gasteiger partial charge in [0.2, 0.25) is 0 Å². The Morgan fingerprint density at radius 3 is 2.18 bits per heavy atom. The Kier molecular flexibility index (Phi) is 10.2. The van der Waals surface area contributed by atoms with E-state index in [-0.39, 0.29) is 58.2 Å². The molecule has 0 spiro atoms. The second kappa shape index (κ2) is 13.6. The van der Waals surface area contributed by atoms with Crippen molar-refractivity contribution in [2.45, 2.75) is 19.3 Å². The summed E-state index contributed by atoms with van der Waals surface area (Å²) in [4.78, 5) is 0. The molecule has 0 bridgehead atoms. The van der Waals surface area contributed by atoms with E-state index in [4.69, 9.17) is 4.42 Å². The minimum atomic E-state index is -0.0619. The molecule has 6 aromatic carbocycles. The Morgan fingerprint density at radius 1 is 0.644 bits per heavy atom. The predicted molar refractivity (Wildman–Crippen MR) is 191 cm³/mol. The zero-order valence-corrected chi connectivity index (χ0v) is 37.2. The number of furan rings is 1. The Balaban J connectivity index is 0.000000912. The number of rotatable bonds is 2. The van der Waals surface area contributed by atoms with Crippen molar-refractivity contribution in [3.05, 3.63) is 137 Å². The van der Waals surface area contributed by atoms with Crippen molar-refractivity contribution >= 4 is 123 Å². The standard InChI is InChI=1S/C39H26BrNO.3K.H/c1-39(2)31-14-8-6-12-26(31)28-21-30-29-20-23(25-17-18-33(40)37-27-13-7-9-15-36(27)42-38(25)37)16-19-34(29)41(35(30)22-32(28)39)24-10-4-3-5-11-24;;;;/h3-22H,1-2H3;;;;/q;;;+1;-1. The van der Waals surface area contributed by atoms with Gasteiger partial charge in [0.15, 0.2) is 0 Å². The molecule has 0 N–H and O–H groups in total. The maximum atomic E-state index is 6.48. The van der Waals surface area contributed by atoms with Crippen molar-refractivity contribution in [3.63, 3.8) is 0 Å². The Labute approximate surface area is 360 Å². The normalized spacial score (nSPS) is 13.0. The maximum absolute atomic E-state index is 6.48. The van der Waals surface area contributed by atoms with Crippen LogP contribution in [0, 0.1) is 0 Å². The molecular weight excluding hydrogens is 696 g/mol. The van der Waals surface area contributed by atoms with E-state index in [0.29, 0.717) is 0 Å². The molecule has 0 radical (unpaired) electrons.